The van der Waals surface area contributed by atoms with Gasteiger partial charge in [0.25, 0.3) is 5.56 Å². The number of aryl methyl sites for hydroxylation is 4. The number of nitrogens with one attached hydrogen (secondary N) is 1. The van der Waals surface area contributed by atoms with Gasteiger partial charge >= 0.3 is 0 Å². The lowest BCUT2D eigenvalue weighted by Crippen LogP contribution is -2.17. The summed E-state index contributed by atoms with van der Waals surface area (Å²) in [5, 5.41) is 0. The van der Waals surface area contributed by atoms with Gasteiger partial charge < -0.3 is 9.55 Å². The van der Waals surface area contributed by atoms with Crippen LogP contribution in [0.3, 0.4) is 0 Å². The molecule has 0 aliphatic heterocycles. The van der Waals surface area contributed by atoms with Gasteiger partial charge in [-0.3, -0.25) is 9.78 Å². The molecule has 0 amide bonds. The van der Waals surface area contributed by atoms with Crippen LogP contribution < -0.4 is 5.56 Å². The summed E-state index contributed by atoms with van der Waals surface area (Å²) in [5.74, 6) is 0.649. The molecule has 5 heteroatoms. The Kier molecular flexibility index (Phi) is 6.69. The van der Waals surface area contributed by atoms with Crippen molar-refractivity contribution in [1.29, 1.82) is 0 Å². The molecule has 42 heavy (non-hydrogen) atoms. The Bertz CT molecular complexity index is 2000. The first-order valence-electron chi connectivity index (χ1n) is 14.4. The van der Waals surface area contributed by atoms with E-state index in [0.717, 1.165) is 44.5 Å². The number of fused-ring (bicyclic) bond motifs is 1. The molecule has 3 aromatic carbocycles. The molecule has 6 aromatic rings. The zero-order valence-electron chi connectivity index (χ0n) is 25.3. The van der Waals surface area contributed by atoms with Crippen LogP contribution in [0.2, 0.25) is 0 Å². The third-order valence-electron chi connectivity index (χ3n) is 8.09. The molecule has 6 rings (SSSR count). The lowest BCUT2D eigenvalue weighted by atomic mass is 9.87. The Balaban J connectivity index is 1.61. The minimum Gasteiger partial charge on any atom is -0.328 e. The van der Waals surface area contributed by atoms with Crippen molar-refractivity contribution in [3.63, 3.8) is 0 Å². The van der Waals surface area contributed by atoms with Crippen molar-refractivity contribution in [2.75, 3.05) is 0 Å². The quantitative estimate of drug-likeness (QED) is 0.238. The number of aromatic amines is 1. The van der Waals surface area contributed by atoms with Crippen LogP contribution in [0.15, 0.2) is 90.0 Å². The number of aromatic nitrogens is 4. The normalized spacial score (nSPS) is 11.8. The van der Waals surface area contributed by atoms with Crippen molar-refractivity contribution in [3.8, 4) is 44.9 Å². The van der Waals surface area contributed by atoms with Crippen molar-refractivity contribution in [1.82, 2.24) is 19.5 Å². The predicted molar refractivity (Wildman–Crippen MR) is 174 cm³/mol. The summed E-state index contributed by atoms with van der Waals surface area (Å²) in [6, 6.07) is 25.4. The van der Waals surface area contributed by atoms with Gasteiger partial charge in [0.15, 0.2) is 0 Å². The molecule has 0 atom stereocenters. The number of hydrogen-bond donors (Lipinski definition) is 1. The third-order valence-corrected chi connectivity index (χ3v) is 8.09. The van der Waals surface area contributed by atoms with E-state index in [-0.39, 0.29) is 11.0 Å². The number of H-pyrrole nitrogens is 1. The van der Waals surface area contributed by atoms with E-state index in [4.69, 9.17) is 4.98 Å². The van der Waals surface area contributed by atoms with Crippen LogP contribution in [0.25, 0.3) is 55.9 Å². The van der Waals surface area contributed by atoms with Gasteiger partial charge in [0.05, 0.1) is 22.3 Å². The standard InChI is InChI=1S/C37H36N4O/c1-22-15-23(2)33(24(3)16-22)27-18-25(17-26(19-27)31-12-8-9-14-38-31)29-11-10-13-32-34(29)40-35(41(32)7)30-20-28(37(4,5)6)21-39-36(30)42/h8-21H,1-7H3,(H,39,42). The van der Waals surface area contributed by atoms with Crippen molar-refractivity contribution < 1.29 is 0 Å². The summed E-state index contributed by atoms with van der Waals surface area (Å²) in [4.78, 5) is 25.8. The molecule has 0 aliphatic carbocycles. The zero-order valence-corrected chi connectivity index (χ0v) is 25.3. The molecule has 210 valence electrons. The Hall–Kier alpha value is -4.77. The summed E-state index contributed by atoms with van der Waals surface area (Å²) >= 11 is 0. The lowest BCUT2D eigenvalue weighted by Gasteiger charge is -2.19. The average molecular weight is 553 g/mol. The Morgan fingerprint density at radius 1 is 0.786 bits per heavy atom. The van der Waals surface area contributed by atoms with Crippen LogP contribution in [0.1, 0.15) is 43.0 Å². The number of benzene rings is 3. The van der Waals surface area contributed by atoms with E-state index in [1.165, 1.54) is 22.3 Å². The van der Waals surface area contributed by atoms with Crippen LogP contribution >= 0.6 is 0 Å². The van der Waals surface area contributed by atoms with Crippen LogP contribution in [-0.4, -0.2) is 19.5 Å². The minimum absolute atomic E-state index is 0.108. The highest BCUT2D eigenvalue weighted by atomic mass is 16.1. The SMILES string of the molecule is Cc1cc(C)c(-c2cc(-c3ccccn3)cc(-c3cccc4c3nc(-c3cc(C(C)(C)C)c[nH]c3=O)n4C)c2)c(C)c1. The highest BCUT2D eigenvalue weighted by molar-refractivity contribution is 5.96. The summed E-state index contributed by atoms with van der Waals surface area (Å²) in [6.07, 6.45) is 3.64. The van der Waals surface area contributed by atoms with Crippen LogP contribution in [0.5, 0.6) is 0 Å². The molecule has 0 saturated carbocycles. The smallest absolute Gasteiger partial charge is 0.258 e. The summed E-state index contributed by atoms with van der Waals surface area (Å²) in [6.45, 7) is 12.9. The van der Waals surface area contributed by atoms with Gasteiger partial charge in [-0.1, -0.05) is 56.7 Å². The van der Waals surface area contributed by atoms with Crippen molar-refractivity contribution in [3.05, 3.63) is 118 Å². The first kappa shape index (κ1) is 27.4. The van der Waals surface area contributed by atoms with Crippen molar-refractivity contribution in [2.45, 2.75) is 47.0 Å². The second-order valence-corrected chi connectivity index (χ2v) is 12.3. The maximum atomic E-state index is 13.1. The second kappa shape index (κ2) is 10.3. The molecule has 5 nitrogen and oxygen atoms in total. The molecule has 0 aliphatic rings. The van der Waals surface area contributed by atoms with Gasteiger partial charge in [0.1, 0.15) is 5.82 Å². The molecule has 0 bridgehead atoms. The number of imidazole rings is 1. The highest BCUT2D eigenvalue weighted by Gasteiger charge is 2.21. The Morgan fingerprint density at radius 3 is 2.19 bits per heavy atom. The molecule has 0 unspecified atom stereocenters. The average Bonchev–Trinajstić information content (AvgIpc) is 3.28. The summed E-state index contributed by atoms with van der Waals surface area (Å²) in [7, 11) is 1.98. The van der Waals surface area contributed by atoms with Gasteiger partial charge in [-0.25, -0.2) is 4.98 Å². The molecule has 0 fully saturated rings. The minimum atomic E-state index is -0.146. The zero-order chi connectivity index (χ0) is 29.8. The fourth-order valence-corrected chi connectivity index (χ4v) is 6.02. The van der Waals surface area contributed by atoms with E-state index in [2.05, 4.69) is 100 Å². The molecule has 0 radical (unpaired) electrons. The molecule has 0 saturated heterocycles. The van der Waals surface area contributed by atoms with Crippen molar-refractivity contribution >= 4 is 11.0 Å². The molecular weight excluding hydrogens is 516 g/mol. The molecule has 3 aromatic heterocycles. The number of hydrogen-bond acceptors (Lipinski definition) is 3. The Labute approximate surface area is 247 Å². The molecule has 0 spiro atoms. The van der Waals surface area contributed by atoms with Crippen LogP contribution in [0.4, 0.5) is 0 Å². The number of para-hydroxylation sites is 1. The van der Waals surface area contributed by atoms with Gasteiger partial charge in [-0.15, -0.1) is 0 Å². The highest BCUT2D eigenvalue weighted by Crippen LogP contribution is 2.38. The van der Waals surface area contributed by atoms with E-state index >= 15 is 0 Å². The topological polar surface area (TPSA) is 63.6 Å². The number of rotatable bonds is 4. The fourth-order valence-electron chi connectivity index (χ4n) is 6.02. The van der Waals surface area contributed by atoms with E-state index in [9.17, 15) is 4.79 Å². The van der Waals surface area contributed by atoms with E-state index in [1.807, 2.05) is 42.1 Å². The van der Waals surface area contributed by atoms with Gasteiger partial charge in [0, 0.05) is 30.6 Å². The second-order valence-electron chi connectivity index (χ2n) is 12.3. The Morgan fingerprint density at radius 2 is 1.50 bits per heavy atom. The summed E-state index contributed by atoms with van der Waals surface area (Å²) in [5.41, 5.74) is 13.4. The first-order chi connectivity index (χ1) is 20.0. The maximum absolute atomic E-state index is 13.1. The van der Waals surface area contributed by atoms with Crippen LogP contribution in [0, 0.1) is 20.8 Å². The van der Waals surface area contributed by atoms with E-state index < -0.39 is 0 Å². The summed E-state index contributed by atoms with van der Waals surface area (Å²) < 4.78 is 2.02. The van der Waals surface area contributed by atoms with Gasteiger partial charge in [0.2, 0.25) is 0 Å². The van der Waals surface area contributed by atoms with Crippen LogP contribution in [-0.2, 0) is 12.5 Å². The first-order valence-corrected chi connectivity index (χ1v) is 14.4. The van der Waals surface area contributed by atoms with Gasteiger partial charge in [-0.2, -0.15) is 0 Å². The lowest BCUT2D eigenvalue weighted by molar-refractivity contribution is 0.587. The maximum Gasteiger partial charge on any atom is 0.258 e. The van der Waals surface area contributed by atoms with E-state index in [1.54, 1.807) is 6.20 Å². The molecule has 1 N–H and O–H groups in total. The monoisotopic (exact) mass is 552 g/mol. The van der Waals surface area contributed by atoms with E-state index in [0.29, 0.717) is 11.4 Å². The number of nitrogens with zero attached hydrogens (tertiary/aromatic N) is 3. The predicted octanol–water partition coefficient (Wildman–Crippen LogP) is 8.55. The molecular formula is C37H36N4O. The fraction of sp³-hybridized carbons (Fsp3) is 0.216. The number of pyridine rings is 2. The van der Waals surface area contributed by atoms with Gasteiger partial charge in [-0.05, 0) is 102 Å². The third kappa shape index (κ3) is 4.85. The molecule has 3 heterocycles. The largest absolute Gasteiger partial charge is 0.328 e. The van der Waals surface area contributed by atoms with Crippen molar-refractivity contribution in [2.24, 2.45) is 7.05 Å².